The summed E-state index contributed by atoms with van der Waals surface area (Å²) >= 11 is 0. The molecule has 0 saturated carbocycles. The fourth-order valence-electron chi connectivity index (χ4n) is 0.979. The van der Waals surface area contributed by atoms with Crippen LogP contribution in [0.5, 0.6) is 0 Å². The lowest BCUT2D eigenvalue weighted by Crippen LogP contribution is -2.32. The van der Waals surface area contributed by atoms with E-state index in [4.69, 9.17) is 11.2 Å². The lowest BCUT2D eigenvalue weighted by atomic mass is 10.3. The smallest absolute Gasteiger partial charge is 0.226 e. The molecule has 3 heteroatoms. The molecule has 0 bridgehead atoms. The van der Waals surface area contributed by atoms with Gasteiger partial charge in [0, 0.05) is 6.61 Å². The summed E-state index contributed by atoms with van der Waals surface area (Å²) in [5.74, 6) is 7.99. The van der Waals surface area contributed by atoms with Crippen LogP contribution in [0.4, 0.5) is 0 Å². The first kappa shape index (κ1) is 13.5. The summed E-state index contributed by atoms with van der Waals surface area (Å²) in [5.41, 5.74) is 0. The maximum Gasteiger partial charge on any atom is 0.226 e. The minimum Gasteiger partial charge on any atom is -0.381 e. The van der Waals surface area contributed by atoms with E-state index in [1.165, 1.54) is 0 Å². The number of carbonyl (C=O) groups is 1. The minimum absolute atomic E-state index is 0.0100. The van der Waals surface area contributed by atoms with Crippen LogP contribution in [-0.4, -0.2) is 37.1 Å². The van der Waals surface area contributed by atoms with E-state index in [0.29, 0.717) is 32.7 Å². The number of rotatable bonds is 6. The average Bonchev–Trinajstić information content (AvgIpc) is 2.24. The van der Waals surface area contributed by atoms with Gasteiger partial charge in [-0.2, -0.15) is 0 Å². The van der Waals surface area contributed by atoms with Gasteiger partial charge in [0.2, 0.25) is 5.91 Å². The van der Waals surface area contributed by atoms with Crippen molar-refractivity contribution >= 4 is 5.91 Å². The zero-order valence-electron chi connectivity index (χ0n) is 9.38. The first-order valence-corrected chi connectivity index (χ1v) is 4.94. The van der Waals surface area contributed by atoms with Gasteiger partial charge in [-0.3, -0.25) is 4.79 Å². The molecule has 0 N–H and O–H groups in total. The van der Waals surface area contributed by atoms with E-state index < -0.39 is 0 Å². The van der Waals surface area contributed by atoms with Crippen LogP contribution in [-0.2, 0) is 9.53 Å². The maximum absolute atomic E-state index is 11.6. The molecule has 0 fully saturated rings. The minimum atomic E-state index is -0.0100. The van der Waals surface area contributed by atoms with Crippen molar-refractivity contribution < 1.29 is 9.53 Å². The van der Waals surface area contributed by atoms with Crippen molar-refractivity contribution in [2.24, 2.45) is 0 Å². The molecule has 0 aliphatic rings. The Morgan fingerprint density at radius 3 is 2.73 bits per heavy atom. The summed E-state index contributed by atoms with van der Waals surface area (Å²) in [6.45, 7) is 5.39. The van der Waals surface area contributed by atoms with Gasteiger partial charge in [-0.05, 0) is 13.8 Å². The topological polar surface area (TPSA) is 29.5 Å². The average molecular weight is 207 g/mol. The summed E-state index contributed by atoms with van der Waals surface area (Å²) in [6, 6.07) is 0. The van der Waals surface area contributed by atoms with Crippen LogP contribution in [0.1, 0.15) is 20.3 Å². The Labute approximate surface area is 91.8 Å². The molecule has 15 heavy (non-hydrogen) atoms. The summed E-state index contributed by atoms with van der Waals surface area (Å²) in [7, 11) is 0. The van der Waals surface area contributed by atoms with Gasteiger partial charge in [0.25, 0.3) is 0 Å². The normalized spacial score (nSPS) is 8.60. The fraction of sp³-hybridized carbons (Fsp3) is 0.583. The van der Waals surface area contributed by atoms with E-state index in [2.05, 4.69) is 17.8 Å². The van der Waals surface area contributed by atoms with Crippen LogP contribution in [0.15, 0.2) is 0 Å². The van der Waals surface area contributed by atoms with E-state index in [1.807, 2.05) is 6.92 Å². The highest BCUT2D eigenvalue weighted by Crippen LogP contribution is 1.94. The van der Waals surface area contributed by atoms with E-state index >= 15 is 0 Å². The third kappa shape index (κ3) is 6.60. The highest BCUT2D eigenvalue weighted by molar-refractivity contribution is 5.76. The van der Waals surface area contributed by atoms with Gasteiger partial charge < -0.3 is 9.64 Å². The molecule has 0 saturated heterocycles. The molecule has 0 heterocycles. The first-order valence-electron chi connectivity index (χ1n) is 4.94. The predicted molar refractivity (Wildman–Crippen MR) is 60.0 cm³/mol. The van der Waals surface area contributed by atoms with Gasteiger partial charge in [0.15, 0.2) is 0 Å². The predicted octanol–water partition coefficient (Wildman–Crippen LogP) is 0.898. The molecule has 0 aromatic rings. The van der Waals surface area contributed by atoms with E-state index in [1.54, 1.807) is 11.8 Å². The third-order valence-corrected chi connectivity index (χ3v) is 1.75. The van der Waals surface area contributed by atoms with Crippen molar-refractivity contribution in [3.05, 3.63) is 0 Å². The maximum atomic E-state index is 11.6. The number of amides is 1. The van der Waals surface area contributed by atoms with Crippen molar-refractivity contribution in [2.75, 3.05) is 26.3 Å². The summed E-state index contributed by atoms with van der Waals surface area (Å²) in [6.07, 6.45) is 5.53. The second-order valence-electron chi connectivity index (χ2n) is 2.83. The van der Waals surface area contributed by atoms with Crippen LogP contribution in [0.2, 0.25) is 0 Å². The van der Waals surface area contributed by atoms with Crippen LogP contribution in [0, 0.1) is 24.2 Å². The SMILES string of the molecule is C#CCN(CC#CC)C(=O)CCOCC. The Morgan fingerprint density at radius 1 is 1.47 bits per heavy atom. The molecule has 0 atom stereocenters. The highest BCUT2D eigenvalue weighted by Gasteiger charge is 2.10. The molecule has 82 valence electrons. The first-order chi connectivity index (χ1) is 7.26. The second kappa shape index (κ2) is 9.12. The second-order valence-corrected chi connectivity index (χ2v) is 2.83. The Balaban J connectivity index is 4.03. The standard InChI is InChI=1S/C12H17NO2/c1-4-7-10-13(9-5-2)12(14)8-11-15-6-3/h2H,6,8-11H2,1,3H3. The Hall–Kier alpha value is -1.45. The van der Waals surface area contributed by atoms with Crippen LogP contribution < -0.4 is 0 Å². The molecule has 1 amide bonds. The molecule has 0 aromatic carbocycles. The highest BCUT2D eigenvalue weighted by atomic mass is 16.5. The summed E-state index contributed by atoms with van der Waals surface area (Å²) in [5, 5.41) is 0. The van der Waals surface area contributed by atoms with Crippen molar-refractivity contribution in [1.82, 2.24) is 4.90 Å². The Kier molecular flexibility index (Phi) is 8.24. The summed E-state index contributed by atoms with van der Waals surface area (Å²) < 4.78 is 5.10. The zero-order chi connectivity index (χ0) is 11.5. The third-order valence-electron chi connectivity index (χ3n) is 1.75. The number of carbonyl (C=O) groups excluding carboxylic acids is 1. The van der Waals surface area contributed by atoms with Crippen LogP contribution in [0.3, 0.4) is 0 Å². The van der Waals surface area contributed by atoms with Crippen molar-refractivity contribution in [3.8, 4) is 24.2 Å². The largest absolute Gasteiger partial charge is 0.381 e. The van der Waals surface area contributed by atoms with E-state index in [0.717, 1.165) is 0 Å². The van der Waals surface area contributed by atoms with E-state index in [9.17, 15) is 4.79 Å². The zero-order valence-corrected chi connectivity index (χ0v) is 9.38. The number of nitrogens with zero attached hydrogens (tertiary/aromatic N) is 1. The van der Waals surface area contributed by atoms with Crippen molar-refractivity contribution in [3.63, 3.8) is 0 Å². The molecule has 0 aromatic heterocycles. The molecule has 0 aliphatic carbocycles. The quantitative estimate of drug-likeness (QED) is 0.478. The lowest BCUT2D eigenvalue weighted by molar-refractivity contribution is -0.131. The number of hydrogen-bond donors (Lipinski definition) is 0. The molecule has 0 rings (SSSR count). The number of terminal acetylenes is 1. The lowest BCUT2D eigenvalue weighted by Gasteiger charge is -2.17. The molecule has 3 nitrogen and oxygen atoms in total. The van der Waals surface area contributed by atoms with Gasteiger partial charge >= 0.3 is 0 Å². The van der Waals surface area contributed by atoms with Gasteiger partial charge in [0.05, 0.1) is 26.1 Å². The molecule has 0 aliphatic heterocycles. The van der Waals surface area contributed by atoms with E-state index in [-0.39, 0.29) is 5.91 Å². The Morgan fingerprint density at radius 2 is 2.20 bits per heavy atom. The summed E-state index contributed by atoms with van der Waals surface area (Å²) in [4.78, 5) is 13.1. The van der Waals surface area contributed by atoms with Crippen LogP contribution in [0.25, 0.3) is 0 Å². The monoisotopic (exact) mass is 207 g/mol. The number of ether oxygens (including phenoxy) is 1. The van der Waals surface area contributed by atoms with Crippen molar-refractivity contribution in [1.29, 1.82) is 0 Å². The molecule has 0 unspecified atom stereocenters. The van der Waals surface area contributed by atoms with Crippen LogP contribution >= 0.6 is 0 Å². The fourth-order valence-corrected chi connectivity index (χ4v) is 0.979. The number of hydrogen-bond acceptors (Lipinski definition) is 2. The van der Waals surface area contributed by atoms with Crippen molar-refractivity contribution in [2.45, 2.75) is 20.3 Å². The van der Waals surface area contributed by atoms with Gasteiger partial charge in [-0.15, -0.1) is 12.3 Å². The molecule has 0 spiro atoms. The van der Waals surface area contributed by atoms with Gasteiger partial charge in [-0.25, -0.2) is 0 Å². The molecule has 0 radical (unpaired) electrons. The molecular formula is C12H17NO2. The van der Waals surface area contributed by atoms with Gasteiger partial charge in [0.1, 0.15) is 0 Å². The van der Waals surface area contributed by atoms with Gasteiger partial charge in [-0.1, -0.05) is 11.8 Å². The Bertz CT molecular complexity index is 280. The molecular weight excluding hydrogens is 190 g/mol.